The zero-order valence-corrected chi connectivity index (χ0v) is 23.4. The summed E-state index contributed by atoms with van der Waals surface area (Å²) in [7, 11) is -2.73. The Morgan fingerprint density at radius 3 is 2.31 bits per heavy atom. The van der Waals surface area contributed by atoms with E-state index in [2.05, 4.69) is 5.32 Å². The smallest absolute Gasteiger partial charge is 0.264 e. The van der Waals surface area contributed by atoms with E-state index in [4.69, 9.17) is 4.74 Å². The lowest BCUT2D eigenvalue weighted by Gasteiger charge is -2.32. The molecule has 0 aliphatic rings. The standard InChI is InChI=1S/C29H34FN3O5S/c1-5-17-31-29(35)22(3)32(19-23-7-6-8-26(18-23)38-4)28(34)20-33(25-13-9-21(2)10-14-25)39(36,37)27-15-11-24(30)12-16-27/h6-16,18,22H,5,17,19-20H2,1-4H3,(H,31,35)/t22-/m1/s1. The maximum absolute atomic E-state index is 13.9. The number of benzene rings is 3. The van der Waals surface area contributed by atoms with Gasteiger partial charge in [-0.05, 0) is 74.4 Å². The summed E-state index contributed by atoms with van der Waals surface area (Å²) in [6.07, 6.45) is 0.722. The summed E-state index contributed by atoms with van der Waals surface area (Å²) in [4.78, 5) is 27.9. The first-order valence-electron chi connectivity index (χ1n) is 12.6. The van der Waals surface area contributed by atoms with Crippen molar-refractivity contribution in [2.45, 2.75) is 44.7 Å². The zero-order chi connectivity index (χ0) is 28.6. The Morgan fingerprint density at radius 1 is 1.03 bits per heavy atom. The van der Waals surface area contributed by atoms with Crippen molar-refractivity contribution in [3.8, 4) is 5.75 Å². The van der Waals surface area contributed by atoms with Gasteiger partial charge in [0.15, 0.2) is 0 Å². The van der Waals surface area contributed by atoms with Crippen LogP contribution in [0.5, 0.6) is 5.75 Å². The highest BCUT2D eigenvalue weighted by Gasteiger charge is 2.32. The minimum absolute atomic E-state index is 0.0507. The number of nitrogens with zero attached hydrogens (tertiary/aromatic N) is 2. The molecular weight excluding hydrogens is 521 g/mol. The molecular formula is C29H34FN3O5S. The van der Waals surface area contributed by atoms with E-state index in [9.17, 15) is 22.4 Å². The molecule has 0 aliphatic carbocycles. The van der Waals surface area contributed by atoms with Crippen LogP contribution in [0.2, 0.25) is 0 Å². The number of halogens is 1. The van der Waals surface area contributed by atoms with Crippen molar-refractivity contribution in [3.63, 3.8) is 0 Å². The molecule has 0 spiro atoms. The maximum atomic E-state index is 13.9. The highest BCUT2D eigenvalue weighted by atomic mass is 32.2. The van der Waals surface area contributed by atoms with Crippen molar-refractivity contribution in [3.05, 3.63) is 89.7 Å². The van der Waals surface area contributed by atoms with E-state index in [0.717, 1.165) is 40.6 Å². The number of amides is 2. The molecule has 0 bridgehead atoms. The van der Waals surface area contributed by atoms with Crippen LogP contribution >= 0.6 is 0 Å². The molecule has 8 nitrogen and oxygen atoms in total. The van der Waals surface area contributed by atoms with Crippen molar-refractivity contribution in [2.75, 3.05) is 24.5 Å². The SMILES string of the molecule is CCCNC(=O)[C@@H](C)N(Cc1cccc(OC)c1)C(=O)CN(c1ccc(C)cc1)S(=O)(=O)c1ccc(F)cc1. The predicted molar refractivity (Wildman–Crippen MR) is 148 cm³/mol. The van der Waals surface area contributed by atoms with Crippen molar-refractivity contribution >= 4 is 27.5 Å². The second-order valence-corrected chi connectivity index (χ2v) is 11.0. The Morgan fingerprint density at radius 2 is 1.69 bits per heavy atom. The Hall–Kier alpha value is -3.92. The first kappa shape index (κ1) is 29.6. The molecule has 1 N–H and O–H groups in total. The quantitative estimate of drug-likeness (QED) is 0.360. The summed E-state index contributed by atoms with van der Waals surface area (Å²) in [6, 6.07) is 17.3. The second kappa shape index (κ2) is 13.2. The number of aryl methyl sites for hydroxylation is 1. The fraction of sp³-hybridized carbons (Fsp3) is 0.310. The summed E-state index contributed by atoms with van der Waals surface area (Å²) >= 11 is 0. The lowest BCUT2D eigenvalue weighted by Crippen LogP contribution is -2.51. The van der Waals surface area contributed by atoms with Gasteiger partial charge in [-0.2, -0.15) is 0 Å². The van der Waals surface area contributed by atoms with Crippen LogP contribution in [0.4, 0.5) is 10.1 Å². The third kappa shape index (κ3) is 7.57. The number of nitrogens with one attached hydrogen (secondary N) is 1. The van der Waals surface area contributed by atoms with E-state index in [1.165, 1.54) is 12.0 Å². The lowest BCUT2D eigenvalue weighted by molar-refractivity contribution is -0.139. The average molecular weight is 556 g/mol. The van der Waals surface area contributed by atoms with Gasteiger partial charge < -0.3 is 15.0 Å². The van der Waals surface area contributed by atoms with E-state index < -0.39 is 34.3 Å². The van der Waals surface area contributed by atoms with Crippen LogP contribution in [0.15, 0.2) is 77.7 Å². The third-order valence-corrected chi connectivity index (χ3v) is 7.99. The van der Waals surface area contributed by atoms with E-state index in [0.29, 0.717) is 17.9 Å². The van der Waals surface area contributed by atoms with Gasteiger partial charge >= 0.3 is 0 Å². The summed E-state index contributed by atoms with van der Waals surface area (Å²) in [5.74, 6) is -0.925. The molecule has 2 amide bonds. The number of methoxy groups -OCH3 is 1. The number of carbonyl (C=O) groups is 2. The van der Waals surface area contributed by atoms with Gasteiger partial charge in [0.05, 0.1) is 17.7 Å². The van der Waals surface area contributed by atoms with Gasteiger partial charge in [-0.3, -0.25) is 13.9 Å². The van der Waals surface area contributed by atoms with E-state index in [1.807, 2.05) is 13.8 Å². The molecule has 0 aromatic heterocycles. The van der Waals surface area contributed by atoms with Gasteiger partial charge in [0.25, 0.3) is 10.0 Å². The van der Waals surface area contributed by atoms with Crippen LogP contribution in [0.25, 0.3) is 0 Å². The number of anilines is 1. The zero-order valence-electron chi connectivity index (χ0n) is 22.6. The van der Waals surface area contributed by atoms with Crippen molar-refractivity contribution in [1.82, 2.24) is 10.2 Å². The minimum Gasteiger partial charge on any atom is -0.497 e. The predicted octanol–water partition coefficient (Wildman–Crippen LogP) is 4.28. The fourth-order valence-electron chi connectivity index (χ4n) is 3.92. The van der Waals surface area contributed by atoms with Gasteiger partial charge in [-0.15, -0.1) is 0 Å². The number of carbonyl (C=O) groups excluding carboxylic acids is 2. The Labute approximate surface area is 229 Å². The maximum Gasteiger partial charge on any atom is 0.264 e. The van der Waals surface area contributed by atoms with Crippen molar-refractivity contribution in [1.29, 1.82) is 0 Å². The number of hydrogen-bond donors (Lipinski definition) is 1. The summed E-state index contributed by atoms with van der Waals surface area (Å²) in [5, 5.41) is 2.80. The van der Waals surface area contributed by atoms with E-state index in [1.54, 1.807) is 55.5 Å². The topological polar surface area (TPSA) is 96.0 Å². The summed E-state index contributed by atoms with van der Waals surface area (Å²) in [5.41, 5.74) is 1.88. The molecule has 208 valence electrons. The number of sulfonamides is 1. The molecule has 3 aromatic rings. The molecule has 0 aliphatic heterocycles. The molecule has 0 fully saturated rings. The van der Waals surface area contributed by atoms with Crippen LogP contribution in [0, 0.1) is 12.7 Å². The Kier molecular flexibility index (Phi) is 10.1. The molecule has 39 heavy (non-hydrogen) atoms. The number of rotatable bonds is 12. The Bertz CT molecular complexity index is 1380. The van der Waals surface area contributed by atoms with Crippen LogP contribution in [0.3, 0.4) is 0 Å². The van der Waals surface area contributed by atoms with E-state index >= 15 is 0 Å². The van der Waals surface area contributed by atoms with Crippen molar-refractivity contribution < 1.29 is 27.1 Å². The fourth-order valence-corrected chi connectivity index (χ4v) is 5.33. The molecule has 1 atom stereocenters. The molecule has 0 saturated heterocycles. The minimum atomic E-state index is -4.26. The molecule has 0 saturated carbocycles. The lowest BCUT2D eigenvalue weighted by atomic mass is 10.1. The Balaban J connectivity index is 2.02. The van der Waals surface area contributed by atoms with Crippen LogP contribution in [0.1, 0.15) is 31.4 Å². The van der Waals surface area contributed by atoms with Crippen LogP contribution in [-0.4, -0.2) is 51.4 Å². The molecule has 3 rings (SSSR count). The largest absolute Gasteiger partial charge is 0.497 e. The number of ether oxygens (including phenoxy) is 1. The third-order valence-electron chi connectivity index (χ3n) is 6.21. The van der Waals surface area contributed by atoms with Gasteiger partial charge in [0.2, 0.25) is 11.8 Å². The first-order chi connectivity index (χ1) is 18.6. The summed E-state index contributed by atoms with van der Waals surface area (Å²) < 4.78 is 47.3. The summed E-state index contributed by atoms with van der Waals surface area (Å²) in [6.45, 7) is 5.31. The van der Waals surface area contributed by atoms with E-state index in [-0.39, 0.29) is 23.0 Å². The van der Waals surface area contributed by atoms with Crippen LogP contribution < -0.4 is 14.4 Å². The first-order valence-corrected chi connectivity index (χ1v) is 14.1. The highest BCUT2D eigenvalue weighted by molar-refractivity contribution is 7.92. The normalized spacial score (nSPS) is 11.9. The van der Waals surface area contributed by atoms with Gasteiger partial charge in [-0.25, -0.2) is 12.8 Å². The monoisotopic (exact) mass is 555 g/mol. The number of hydrogen-bond acceptors (Lipinski definition) is 5. The van der Waals surface area contributed by atoms with Gasteiger partial charge in [0.1, 0.15) is 24.2 Å². The molecule has 3 aromatic carbocycles. The molecule has 0 radical (unpaired) electrons. The van der Waals surface area contributed by atoms with Crippen molar-refractivity contribution in [2.24, 2.45) is 0 Å². The highest BCUT2D eigenvalue weighted by Crippen LogP contribution is 2.25. The van der Waals surface area contributed by atoms with Crippen LogP contribution in [-0.2, 0) is 26.2 Å². The second-order valence-electron chi connectivity index (χ2n) is 9.14. The molecule has 0 heterocycles. The van der Waals surface area contributed by atoms with Gasteiger partial charge in [-0.1, -0.05) is 36.8 Å². The average Bonchev–Trinajstić information content (AvgIpc) is 2.93. The molecule has 10 heteroatoms. The molecule has 0 unspecified atom stereocenters. The van der Waals surface area contributed by atoms with Gasteiger partial charge in [0, 0.05) is 13.1 Å².